The van der Waals surface area contributed by atoms with E-state index in [9.17, 15) is 8.42 Å². The number of sulfonamides is 1. The largest absolute Gasteiger partial charge is 0.454 e. The standard InChI is InChI=1S/C23H20N4O5S/c28-33(29,20-7-1-4-15-5-2-10-24-21(15)20)27-11-3-6-17(13-27)23-26-25-22(32-23)16-8-9-18-19(12-16)31-14-30-18/h1-2,4-5,7-10,12,17H,3,6,11,13-14H2. The first-order valence-electron chi connectivity index (χ1n) is 10.7. The number of aromatic nitrogens is 3. The van der Waals surface area contributed by atoms with Crippen LogP contribution in [0.1, 0.15) is 24.7 Å². The zero-order valence-corrected chi connectivity index (χ0v) is 18.4. The van der Waals surface area contributed by atoms with Crippen molar-refractivity contribution in [2.24, 2.45) is 0 Å². The molecule has 4 aromatic rings. The second-order valence-electron chi connectivity index (χ2n) is 8.05. The van der Waals surface area contributed by atoms with Gasteiger partial charge in [-0.2, -0.15) is 4.31 Å². The fourth-order valence-electron chi connectivity index (χ4n) is 4.33. The van der Waals surface area contributed by atoms with Crippen molar-refractivity contribution >= 4 is 20.9 Å². The minimum atomic E-state index is -3.73. The van der Waals surface area contributed by atoms with Gasteiger partial charge in [-0.25, -0.2) is 8.42 Å². The Bertz CT molecular complexity index is 1450. The van der Waals surface area contributed by atoms with Crippen LogP contribution >= 0.6 is 0 Å². The van der Waals surface area contributed by atoms with Gasteiger partial charge in [-0.15, -0.1) is 10.2 Å². The maximum Gasteiger partial charge on any atom is 0.247 e. The Morgan fingerprint density at radius 2 is 1.88 bits per heavy atom. The highest BCUT2D eigenvalue weighted by atomic mass is 32.2. The Balaban J connectivity index is 1.27. The van der Waals surface area contributed by atoms with E-state index in [2.05, 4.69) is 15.2 Å². The molecule has 2 aliphatic heterocycles. The van der Waals surface area contributed by atoms with Gasteiger partial charge in [0.25, 0.3) is 0 Å². The Kier molecular flexibility index (Phi) is 4.77. The van der Waals surface area contributed by atoms with E-state index in [1.54, 1.807) is 36.5 Å². The number of benzene rings is 2. The Morgan fingerprint density at radius 1 is 1.00 bits per heavy atom. The minimum absolute atomic E-state index is 0.187. The summed E-state index contributed by atoms with van der Waals surface area (Å²) < 4.78 is 45.2. The van der Waals surface area contributed by atoms with Gasteiger partial charge in [-0.1, -0.05) is 18.2 Å². The van der Waals surface area contributed by atoms with Crippen molar-refractivity contribution in [1.82, 2.24) is 19.5 Å². The van der Waals surface area contributed by atoms with Crippen molar-refractivity contribution in [3.05, 3.63) is 60.6 Å². The lowest BCUT2D eigenvalue weighted by Gasteiger charge is -2.30. The molecular formula is C23H20N4O5S. The molecule has 168 valence electrons. The van der Waals surface area contributed by atoms with Gasteiger partial charge in [-0.3, -0.25) is 4.98 Å². The van der Waals surface area contributed by atoms with Crippen LogP contribution in [-0.2, 0) is 10.0 Å². The molecule has 0 amide bonds. The number of para-hydroxylation sites is 1. The summed E-state index contributed by atoms with van der Waals surface area (Å²) in [6.07, 6.45) is 3.07. The van der Waals surface area contributed by atoms with Gasteiger partial charge in [0.2, 0.25) is 28.6 Å². The second kappa shape index (κ2) is 7.82. The molecule has 1 atom stereocenters. The summed E-state index contributed by atoms with van der Waals surface area (Å²) in [7, 11) is -3.73. The summed E-state index contributed by atoms with van der Waals surface area (Å²) in [4.78, 5) is 4.53. The normalized spacial score (nSPS) is 18.6. The molecule has 2 aromatic heterocycles. The first-order chi connectivity index (χ1) is 16.1. The van der Waals surface area contributed by atoms with Crippen molar-refractivity contribution in [2.75, 3.05) is 19.9 Å². The maximum absolute atomic E-state index is 13.5. The number of piperidine rings is 1. The van der Waals surface area contributed by atoms with Crippen LogP contribution in [0.3, 0.4) is 0 Å². The van der Waals surface area contributed by atoms with Gasteiger partial charge in [0.15, 0.2) is 11.5 Å². The van der Waals surface area contributed by atoms with Crippen molar-refractivity contribution in [2.45, 2.75) is 23.7 Å². The van der Waals surface area contributed by atoms with Crippen LogP contribution in [0.5, 0.6) is 11.5 Å². The van der Waals surface area contributed by atoms with E-state index in [0.29, 0.717) is 41.8 Å². The third kappa shape index (κ3) is 3.51. The predicted molar refractivity (Wildman–Crippen MR) is 118 cm³/mol. The van der Waals surface area contributed by atoms with Crippen LogP contribution in [0.25, 0.3) is 22.4 Å². The number of fused-ring (bicyclic) bond motifs is 2. The highest BCUT2D eigenvalue weighted by Gasteiger charge is 2.34. The second-order valence-corrected chi connectivity index (χ2v) is 9.95. The average Bonchev–Trinajstić information content (AvgIpc) is 3.53. The summed E-state index contributed by atoms with van der Waals surface area (Å²) in [5, 5.41) is 9.20. The fourth-order valence-corrected chi connectivity index (χ4v) is 6.02. The lowest BCUT2D eigenvalue weighted by atomic mass is 10.00. The fraction of sp³-hybridized carbons (Fsp3) is 0.261. The number of rotatable bonds is 4. The quantitative estimate of drug-likeness (QED) is 0.451. The Morgan fingerprint density at radius 3 is 2.82 bits per heavy atom. The van der Waals surface area contributed by atoms with Crippen LogP contribution in [0.15, 0.2) is 64.0 Å². The van der Waals surface area contributed by atoms with Gasteiger partial charge in [-0.05, 0) is 43.2 Å². The number of ether oxygens (including phenoxy) is 2. The maximum atomic E-state index is 13.5. The molecule has 0 spiro atoms. The molecule has 4 heterocycles. The molecule has 9 nitrogen and oxygen atoms in total. The molecular weight excluding hydrogens is 444 g/mol. The highest BCUT2D eigenvalue weighted by Crippen LogP contribution is 2.37. The topological polar surface area (TPSA) is 108 Å². The summed E-state index contributed by atoms with van der Waals surface area (Å²) >= 11 is 0. The molecule has 2 aromatic carbocycles. The number of pyridine rings is 1. The molecule has 6 rings (SSSR count). The monoisotopic (exact) mass is 464 g/mol. The molecule has 0 radical (unpaired) electrons. The molecule has 0 saturated carbocycles. The van der Waals surface area contributed by atoms with Crippen LogP contribution in [-0.4, -0.2) is 47.8 Å². The van der Waals surface area contributed by atoms with Gasteiger partial charge < -0.3 is 13.9 Å². The number of hydrogen-bond acceptors (Lipinski definition) is 8. The molecule has 0 N–H and O–H groups in total. The summed E-state index contributed by atoms with van der Waals surface area (Å²) in [5.74, 6) is 1.91. The van der Waals surface area contributed by atoms with Crippen molar-refractivity contribution in [3.63, 3.8) is 0 Å². The van der Waals surface area contributed by atoms with Crippen molar-refractivity contribution < 1.29 is 22.3 Å². The van der Waals surface area contributed by atoms with Crippen LogP contribution in [0, 0.1) is 0 Å². The molecule has 1 fully saturated rings. The van der Waals surface area contributed by atoms with E-state index in [4.69, 9.17) is 13.9 Å². The lowest BCUT2D eigenvalue weighted by molar-refractivity contribution is 0.174. The third-order valence-corrected chi connectivity index (χ3v) is 7.90. The minimum Gasteiger partial charge on any atom is -0.454 e. The zero-order chi connectivity index (χ0) is 22.4. The highest BCUT2D eigenvalue weighted by molar-refractivity contribution is 7.89. The molecule has 0 aliphatic carbocycles. The molecule has 33 heavy (non-hydrogen) atoms. The van der Waals surface area contributed by atoms with Gasteiger partial charge in [0.1, 0.15) is 4.90 Å². The first-order valence-corrected chi connectivity index (χ1v) is 12.1. The Hall–Kier alpha value is -3.50. The first kappa shape index (κ1) is 20.1. The average molecular weight is 465 g/mol. The van der Waals surface area contributed by atoms with E-state index in [1.165, 1.54) is 4.31 Å². The third-order valence-electron chi connectivity index (χ3n) is 6.01. The summed E-state index contributed by atoms with van der Waals surface area (Å²) in [6, 6.07) is 14.3. The van der Waals surface area contributed by atoms with E-state index in [-0.39, 0.29) is 24.2 Å². The lowest BCUT2D eigenvalue weighted by Crippen LogP contribution is -2.39. The van der Waals surface area contributed by atoms with Crippen LogP contribution in [0.4, 0.5) is 0 Å². The van der Waals surface area contributed by atoms with Gasteiger partial charge in [0, 0.05) is 30.2 Å². The molecule has 10 heteroatoms. The van der Waals surface area contributed by atoms with Gasteiger partial charge >= 0.3 is 0 Å². The van der Waals surface area contributed by atoms with Crippen molar-refractivity contribution in [1.29, 1.82) is 0 Å². The summed E-state index contributed by atoms with van der Waals surface area (Å²) in [6.45, 7) is 0.895. The van der Waals surface area contributed by atoms with E-state index >= 15 is 0 Å². The zero-order valence-electron chi connectivity index (χ0n) is 17.5. The van der Waals surface area contributed by atoms with Crippen LogP contribution < -0.4 is 9.47 Å². The molecule has 1 unspecified atom stereocenters. The molecule has 0 bridgehead atoms. The van der Waals surface area contributed by atoms with E-state index < -0.39 is 10.0 Å². The predicted octanol–water partition coefficient (Wildman–Crippen LogP) is 3.58. The smallest absolute Gasteiger partial charge is 0.247 e. The van der Waals surface area contributed by atoms with Crippen molar-refractivity contribution in [3.8, 4) is 23.0 Å². The number of hydrogen-bond donors (Lipinski definition) is 0. The number of nitrogens with zero attached hydrogens (tertiary/aromatic N) is 4. The van der Waals surface area contributed by atoms with E-state index in [1.807, 2.05) is 18.2 Å². The van der Waals surface area contributed by atoms with Crippen LogP contribution in [0.2, 0.25) is 0 Å². The van der Waals surface area contributed by atoms with Gasteiger partial charge in [0.05, 0.1) is 11.4 Å². The Labute approximate surface area is 190 Å². The van der Waals surface area contributed by atoms with E-state index in [0.717, 1.165) is 17.4 Å². The summed E-state index contributed by atoms with van der Waals surface area (Å²) in [5.41, 5.74) is 1.20. The molecule has 2 aliphatic rings. The SMILES string of the molecule is O=S(=O)(c1cccc2cccnc12)N1CCCC(c2nnc(-c3ccc4c(c3)OCO4)o2)C1. The molecule has 1 saturated heterocycles.